The van der Waals surface area contributed by atoms with Gasteiger partial charge in [-0.3, -0.25) is 0 Å². The van der Waals surface area contributed by atoms with E-state index in [1.165, 1.54) is 5.56 Å². The van der Waals surface area contributed by atoms with Gasteiger partial charge in [0.15, 0.2) is 0 Å². The van der Waals surface area contributed by atoms with Crippen molar-refractivity contribution in [2.45, 2.75) is 32.4 Å². The van der Waals surface area contributed by atoms with Crippen LogP contribution in [0.4, 0.5) is 0 Å². The monoisotopic (exact) mass is 275 g/mol. The summed E-state index contributed by atoms with van der Waals surface area (Å²) in [4.78, 5) is 0. The molecule has 0 spiro atoms. The van der Waals surface area contributed by atoms with Crippen LogP contribution in [0.25, 0.3) is 0 Å². The Bertz CT molecular complexity index is 567. The van der Waals surface area contributed by atoms with Gasteiger partial charge in [0.1, 0.15) is 22.4 Å². The lowest BCUT2D eigenvalue weighted by molar-refractivity contribution is 0.342. The molecule has 0 fully saturated rings. The Morgan fingerprint density at radius 1 is 1.37 bits per heavy atom. The van der Waals surface area contributed by atoms with Gasteiger partial charge in [-0.05, 0) is 6.07 Å². The highest BCUT2D eigenvalue weighted by atomic mass is 32.1. The second-order valence-corrected chi connectivity index (χ2v) is 6.06. The van der Waals surface area contributed by atoms with Gasteiger partial charge in [0.05, 0.1) is 5.92 Å². The normalized spacial score (nSPS) is 17.5. The Balaban J connectivity index is 1.77. The van der Waals surface area contributed by atoms with Crippen LogP contribution >= 0.6 is 11.3 Å². The van der Waals surface area contributed by atoms with Crippen LogP contribution in [0.2, 0.25) is 0 Å². The van der Waals surface area contributed by atoms with Gasteiger partial charge in [0, 0.05) is 18.2 Å². The number of nitrogens with one attached hydrogen (secondary N) is 1. The van der Waals surface area contributed by atoms with Crippen LogP contribution in [-0.2, 0) is 6.54 Å². The molecular weight excluding hydrogens is 258 g/mol. The number of ether oxygens (including phenoxy) is 1. The summed E-state index contributed by atoms with van der Waals surface area (Å²) >= 11 is 1.67. The van der Waals surface area contributed by atoms with E-state index in [2.05, 4.69) is 35.4 Å². The minimum Gasteiger partial charge on any atom is -0.492 e. The van der Waals surface area contributed by atoms with E-state index in [-0.39, 0.29) is 5.92 Å². The molecule has 3 rings (SSSR count). The van der Waals surface area contributed by atoms with Crippen LogP contribution in [0.5, 0.6) is 5.75 Å². The number of hydrogen-bond donors (Lipinski definition) is 1. The first-order valence-corrected chi connectivity index (χ1v) is 7.33. The molecule has 2 heterocycles. The van der Waals surface area contributed by atoms with Crippen molar-refractivity contribution < 1.29 is 4.74 Å². The zero-order chi connectivity index (χ0) is 13.2. The molecule has 2 aromatic rings. The summed E-state index contributed by atoms with van der Waals surface area (Å²) in [6.45, 7) is 5.71. The van der Waals surface area contributed by atoms with E-state index in [9.17, 15) is 0 Å². The molecule has 100 valence electrons. The van der Waals surface area contributed by atoms with Crippen molar-refractivity contribution in [3.63, 3.8) is 0 Å². The van der Waals surface area contributed by atoms with Gasteiger partial charge in [0.25, 0.3) is 0 Å². The molecule has 0 aliphatic carbocycles. The Kier molecular flexibility index (Phi) is 3.48. The van der Waals surface area contributed by atoms with E-state index in [1.54, 1.807) is 11.3 Å². The van der Waals surface area contributed by atoms with E-state index >= 15 is 0 Å². The topological polar surface area (TPSA) is 47.0 Å². The minimum atomic E-state index is 0.237. The second-order valence-electron chi connectivity index (χ2n) is 4.97. The predicted octanol–water partition coefficient (Wildman–Crippen LogP) is 2.56. The van der Waals surface area contributed by atoms with Crippen molar-refractivity contribution in [3.05, 3.63) is 39.8 Å². The first-order chi connectivity index (χ1) is 9.24. The van der Waals surface area contributed by atoms with E-state index in [4.69, 9.17) is 4.74 Å². The van der Waals surface area contributed by atoms with Crippen LogP contribution in [0.3, 0.4) is 0 Å². The fraction of sp³-hybridized carbons (Fsp3) is 0.429. The van der Waals surface area contributed by atoms with E-state index in [1.807, 2.05) is 18.2 Å². The third kappa shape index (κ3) is 2.62. The zero-order valence-corrected chi connectivity index (χ0v) is 11.9. The smallest absolute Gasteiger partial charge is 0.131 e. The molecule has 1 aromatic carbocycles. The van der Waals surface area contributed by atoms with Crippen molar-refractivity contribution in [2.75, 3.05) is 6.61 Å². The highest BCUT2D eigenvalue weighted by Gasteiger charge is 2.28. The molecule has 0 saturated heterocycles. The summed E-state index contributed by atoms with van der Waals surface area (Å²) in [5.41, 5.74) is 1.22. The van der Waals surface area contributed by atoms with Crippen LogP contribution < -0.4 is 10.1 Å². The molecule has 1 aliphatic heterocycles. The average molecular weight is 275 g/mol. The third-order valence-electron chi connectivity index (χ3n) is 3.14. The van der Waals surface area contributed by atoms with Gasteiger partial charge in [-0.2, -0.15) is 0 Å². The first kappa shape index (κ1) is 12.6. The molecule has 0 amide bonds. The summed E-state index contributed by atoms with van der Waals surface area (Å²) in [5, 5.41) is 14.0. The maximum absolute atomic E-state index is 5.70. The van der Waals surface area contributed by atoms with Crippen LogP contribution in [0.15, 0.2) is 24.3 Å². The Morgan fingerprint density at radius 2 is 2.21 bits per heavy atom. The Morgan fingerprint density at radius 3 is 3.05 bits per heavy atom. The third-order valence-corrected chi connectivity index (χ3v) is 4.18. The van der Waals surface area contributed by atoms with Crippen molar-refractivity contribution in [1.82, 2.24) is 15.5 Å². The highest BCUT2D eigenvalue weighted by Crippen LogP contribution is 2.38. The zero-order valence-electron chi connectivity index (χ0n) is 11.1. The number of rotatable bonds is 4. The summed E-state index contributed by atoms with van der Waals surface area (Å²) in [6, 6.07) is 8.63. The van der Waals surface area contributed by atoms with Gasteiger partial charge in [-0.15, -0.1) is 10.2 Å². The molecule has 4 nitrogen and oxygen atoms in total. The second kappa shape index (κ2) is 5.27. The minimum absolute atomic E-state index is 0.237. The number of benzene rings is 1. The molecule has 19 heavy (non-hydrogen) atoms. The fourth-order valence-corrected chi connectivity index (χ4v) is 3.03. The van der Waals surface area contributed by atoms with Crippen LogP contribution in [0, 0.1) is 0 Å². The highest BCUT2D eigenvalue weighted by molar-refractivity contribution is 7.11. The SMILES string of the molecule is CC(C)NCc1nnc(C2COc3ccccc32)s1. The maximum atomic E-state index is 5.70. The number of para-hydroxylation sites is 1. The Hall–Kier alpha value is -1.46. The Labute approximate surface area is 116 Å². The summed E-state index contributed by atoms with van der Waals surface area (Å²) in [5.74, 6) is 1.21. The summed E-state index contributed by atoms with van der Waals surface area (Å²) in [7, 11) is 0. The molecule has 5 heteroatoms. The molecule has 1 aromatic heterocycles. The lowest BCUT2D eigenvalue weighted by Gasteiger charge is -2.04. The summed E-state index contributed by atoms with van der Waals surface area (Å²) < 4.78 is 5.70. The molecule has 1 atom stereocenters. The lowest BCUT2D eigenvalue weighted by Crippen LogP contribution is -2.21. The van der Waals surface area contributed by atoms with Crippen molar-refractivity contribution in [2.24, 2.45) is 0 Å². The molecule has 0 bridgehead atoms. The molecule has 1 unspecified atom stereocenters. The van der Waals surface area contributed by atoms with Crippen molar-refractivity contribution in [1.29, 1.82) is 0 Å². The summed E-state index contributed by atoms with van der Waals surface area (Å²) in [6.07, 6.45) is 0. The van der Waals surface area contributed by atoms with Crippen molar-refractivity contribution in [3.8, 4) is 5.75 Å². The molecule has 1 aliphatic rings. The van der Waals surface area contributed by atoms with Gasteiger partial charge < -0.3 is 10.1 Å². The average Bonchev–Trinajstić information content (AvgIpc) is 3.02. The first-order valence-electron chi connectivity index (χ1n) is 6.51. The van der Waals surface area contributed by atoms with Gasteiger partial charge in [0.2, 0.25) is 0 Å². The van der Waals surface area contributed by atoms with Crippen LogP contribution in [-0.4, -0.2) is 22.8 Å². The molecule has 0 radical (unpaired) electrons. The number of nitrogens with zero attached hydrogens (tertiary/aromatic N) is 2. The standard InChI is InChI=1S/C14H17N3OS/c1-9(2)15-7-13-16-17-14(19-13)11-8-18-12-6-4-3-5-10(11)12/h3-6,9,11,15H,7-8H2,1-2H3. The van der Waals surface area contributed by atoms with Gasteiger partial charge in [-0.25, -0.2) is 0 Å². The molecule has 0 saturated carbocycles. The number of aromatic nitrogens is 2. The molecular formula is C14H17N3OS. The maximum Gasteiger partial charge on any atom is 0.131 e. The fourth-order valence-electron chi connectivity index (χ4n) is 2.14. The van der Waals surface area contributed by atoms with Gasteiger partial charge in [-0.1, -0.05) is 43.4 Å². The van der Waals surface area contributed by atoms with E-state index < -0.39 is 0 Å². The van der Waals surface area contributed by atoms with Crippen molar-refractivity contribution >= 4 is 11.3 Å². The van der Waals surface area contributed by atoms with E-state index in [0.717, 1.165) is 22.3 Å². The largest absolute Gasteiger partial charge is 0.492 e. The predicted molar refractivity (Wildman–Crippen MR) is 75.7 cm³/mol. The molecule has 1 N–H and O–H groups in total. The number of hydrogen-bond acceptors (Lipinski definition) is 5. The van der Waals surface area contributed by atoms with E-state index in [0.29, 0.717) is 12.6 Å². The van der Waals surface area contributed by atoms with Gasteiger partial charge >= 0.3 is 0 Å². The lowest BCUT2D eigenvalue weighted by atomic mass is 10.0. The van der Waals surface area contributed by atoms with Crippen LogP contribution in [0.1, 0.15) is 35.3 Å². The quantitative estimate of drug-likeness (QED) is 0.931. The number of fused-ring (bicyclic) bond motifs is 1.